The highest BCUT2D eigenvalue weighted by atomic mass is 127. The zero-order chi connectivity index (χ0) is 7.28. The number of rotatable bonds is 2. The van der Waals surface area contributed by atoms with E-state index >= 15 is 0 Å². The Bertz CT molecular complexity index is 125. The van der Waals surface area contributed by atoms with Gasteiger partial charge in [-0.2, -0.15) is 0 Å². The van der Waals surface area contributed by atoms with Crippen molar-refractivity contribution in [3.63, 3.8) is 0 Å². The van der Waals surface area contributed by atoms with E-state index in [4.69, 9.17) is 0 Å². The SMILES string of the molecule is CC=N/C=C(\I)C(C)C. The molecule has 0 aliphatic heterocycles. The maximum Gasteiger partial charge on any atom is 0.0359 e. The van der Waals surface area contributed by atoms with Crippen molar-refractivity contribution in [1.29, 1.82) is 0 Å². The maximum atomic E-state index is 4.00. The smallest absolute Gasteiger partial charge is 0.0359 e. The van der Waals surface area contributed by atoms with E-state index in [1.807, 2.05) is 13.1 Å². The first kappa shape index (κ1) is 9.14. The monoisotopic (exact) mass is 237 g/mol. The van der Waals surface area contributed by atoms with Crippen molar-refractivity contribution < 1.29 is 0 Å². The second-order valence-electron chi connectivity index (χ2n) is 2.08. The van der Waals surface area contributed by atoms with E-state index in [0.29, 0.717) is 5.92 Å². The van der Waals surface area contributed by atoms with Gasteiger partial charge in [-0.1, -0.05) is 13.8 Å². The second kappa shape index (κ2) is 4.97. The Morgan fingerprint density at radius 2 is 2.11 bits per heavy atom. The Balaban J connectivity index is 3.84. The second-order valence-corrected chi connectivity index (χ2v) is 3.32. The number of hydrogen-bond donors (Lipinski definition) is 0. The summed E-state index contributed by atoms with van der Waals surface area (Å²) in [7, 11) is 0. The lowest BCUT2D eigenvalue weighted by Gasteiger charge is -1.98. The van der Waals surface area contributed by atoms with Crippen molar-refractivity contribution >= 4 is 28.8 Å². The molecule has 0 N–H and O–H groups in total. The largest absolute Gasteiger partial charge is 0.269 e. The molecule has 0 saturated heterocycles. The summed E-state index contributed by atoms with van der Waals surface area (Å²) < 4.78 is 1.30. The van der Waals surface area contributed by atoms with Crippen LogP contribution in [-0.2, 0) is 0 Å². The molecule has 0 aromatic rings. The number of hydrogen-bond acceptors (Lipinski definition) is 1. The summed E-state index contributed by atoms with van der Waals surface area (Å²) in [5.74, 6) is 0.606. The molecular formula is C7H12IN. The standard InChI is InChI=1S/C7H12IN/c1-4-9-5-7(8)6(2)3/h4-6H,1-3H3/b7-5-,9-4?. The van der Waals surface area contributed by atoms with Gasteiger partial charge in [-0.05, 0) is 35.4 Å². The minimum absolute atomic E-state index is 0.606. The first-order valence-corrected chi connectivity index (χ1v) is 4.09. The van der Waals surface area contributed by atoms with Crippen molar-refractivity contribution in [2.45, 2.75) is 20.8 Å². The zero-order valence-electron chi connectivity index (χ0n) is 6.06. The van der Waals surface area contributed by atoms with E-state index in [0.717, 1.165) is 0 Å². The van der Waals surface area contributed by atoms with Crippen molar-refractivity contribution in [3.8, 4) is 0 Å². The summed E-state index contributed by atoms with van der Waals surface area (Å²) in [6.07, 6.45) is 3.69. The summed E-state index contributed by atoms with van der Waals surface area (Å²) >= 11 is 2.30. The van der Waals surface area contributed by atoms with Crippen LogP contribution in [0.3, 0.4) is 0 Å². The normalized spacial score (nSPS) is 13.7. The lowest BCUT2D eigenvalue weighted by atomic mass is 10.2. The van der Waals surface area contributed by atoms with E-state index in [9.17, 15) is 0 Å². The molecule has 0 unspecified atom stereocenters. The highest BCUT2D eigenvalue weighted by Crippen LogP contribution is 2.16. The van der Waals surface area contributed by atoms with Crippen LogP contribution in [0.15, 0.2) is 14.8 Å². The molecule has 0 heterocycles. The van der Waals surface area contributed by atoms with Crippen LogP contribution >= 0.6 is 22.6 Å². The topological polar surface area (TPSA) is 12.4 Å². The van der Waals surface area contributed by atoms with Crippen LogP contribution in [0.2, 0.25) is 0 Å². The predicted octanol–water partition coefficient (Wildman–Crippen LogP) is 3.01. The fourth-order valence-corrected chi connectivity index (χ4v) is 0.456. The Morgan fingerprint density at radius 1 is 1.56 bits per heavy atom. The van der Waals surface area contributed by atoms with Crippen LogP contribution in [-0.4, -0.2) is 6.21 Å². The molecule has 0 aliphatic rings. The molecule has 0 aliphatic carbocycles. The Kier molecular flexibility index (Phi) is 5.04. The number of nitrogens with zero attached hydrogens (tertiary/aromatic N) is 1. The van der Waals surface area contributed by atoms with Crippen molar-refractivity contribution in [2.24, 2.45) is 10.9 Å². The molecule has 0 atom stereocenters. The van der Waals surface area contributed by atoms with Gasteiger partial charge in [0.1, 0.15) is 0 Å². The van der Waals surface area contributed by atoms with E-state index in [-0.39, 0.29) is 0 Å². The summed E-state index contributed by atoms with van der Waals surface area (Å²) in [6.45, 7) is 6.23. The Hall–Kier alpha value is 0.140. The van der Waals surface area contributed by atoms with Gasteiger partial charge >= 0.3 is 0 Å². The lowest BCUT2D eigenvalue weighted by molar-refractivity contribution is 0.822. The van der Waals surface area contributed by atoms with Gasteiger partial charge in [0.25, 0.3) is 0 Å². The molecular weight excluding hydrogens is 225 g/mol. The third-order valence-electron chi connectivity index (χ3n) is 0.898. The van der Waals surface area contributed by atoms with Crippen LogP contribution in [0.4, 0.5) is 0 Å². The molecule has 0 bridgehead atoms. The highest BCUT2D eigenvalue weighted by molar-refractivity contribution is 14.1. The first-order valence-electron chi connectivity index (χ1n) is 3.01. The molecule has 0 fully saturated rings. The minimum atomic E-state index is 0.606. The molecule has 2 heteroatoms. The van der Waals surface area contributed by atoms with E-state index in [1.54, 1.807) is 6.21 Å². The van der Waals surface area contributed by atoms with Gasteiger partial charge in [0.15, 0.2) is 0 Å². The van der Waals surface area contributed by atoms with Crippen molar-refractivity contribution in [3.05, 3.63) is 9.78 Å². The van der Waals surface area contributed by atoms with Crippen LogP contribution in [0.1, 0.15) is 20.8 Å². The molecule has 0 aromatic heterocycles. The van der Waals surface area contributed by atoms with E-state index in [1.165, 1.54) is 3.58 Å². The molecule has 1 nitrogen and oxygen atoms in total. The molecule has 52 valence electrons. The summed E-state index contributed by atoms with van der Waals surface area (Å²) in [4.78, 5) is 4.00. The Labute approximate surface area is 70.4 Å². The molecule has 0 amide bonds. The molecule has 0 radical (unpaired) electrons. The Morgan fingerprint density at radius 3 is 2.44 bits per heavy atom. The summed E-state index contributed by atoms with van der Waals surface area (Å²) in [5.41, 5.74) is 0. The minimum Gasteiger partial charge on any atom is -0.269 e. The zero-order valence-corrected chi connectivity index (χ0v) is 8.21. The van der Waals surface area contributed by atoms with Crippen molar-refractivity contribution in [1.82, 2.24) is 0 Å². The number of aliphatic imine (C=N–C) groups is 1. The van der Waals surface area contributed by atoms with Crippen LogP contribution in [0.5, 0.6) is 0 Å². The van der Waals surface area contributed by atoms with Gasteiger partial charge in [0.05, 0.1) is 0 Å². The van der Waals surface area contributed by atoms with Crippen LogP contribution in [0, 0.1) is 5.92 Å². The molecule has 9 heavy (non-hydrogen) atoms. The van der Waals surface area contributed by atoms with Gasteiger partial charge in [-0.15, -0.1) is 0 Å². The fraction of sp³-hybridized carbons (Fsp3) is 0.571. The molecule has 0 saturated carbocycles. The van der Waals surface area contributed by atoms with Gasteiger partial charge in [0.2, 0.25) is 0 Å². The number of allylic oxidation sites excluding steroid dienone is 1. The number of halogens is 1. The molecule has 0 aromatic carbocycles. The van der Waals surface area contributed by atoms with Gasteiger partial charge in [-0.25, -0.2) is 0 Å². The average Bonchev–Trinajstić information content (AvgIpc) is 1.82. The molecule has 0 rings (SSSR count). The fourth-order valence-electron chi connectivity index (χ4n) is 0.295. The van der Waals surface area contributed by atoms with Gasteiger partial charge < -0.3 is 0 Å². The first-order chi connectivity index (χ1) is 4.18. The van der Waals surface area contributed by atoms with E-state index in [2.05, 4.69) is 41.4 Å². The predicted molar refractivity (Wildman–Crippen MR) is 51.1 cm³/mol. The summed E-state index contributed by atoms with van der Waals surface area (Å²) in [5, 5.41) is 0. The van der Waals surface area contributed by atoms with Gasteiger partial charge in [0, 0.05) is 16.0 Å². The summed E-state index contributed by atoms with van der Waals surface area (Å²) in [6, 6.07) is 0. The maximum absolute atomic E-state index is 4.00. The average molecular weight is 237 g/mol. The molecule has 0 spiro atoms. The third-order valence-corrected chi connectivity index (χ3v) is 2.42. The van der Waals surface area contributed by atoms with E-state index < -0.39 is 0 Å². The lowest BCUT2D eigenvalue weighted by Crippen LogP contribution is -1.82. The quantitative estimate of drug-likeness (QED) is 0.517. The van der Waals surface area contributed by atoms with Crippen molar-refractivity contribution in [2.75, 3.05) is 0 Å². The third kappa shape index (κ3) is 4.63. The van der Waals surface area contributed by atoms with Crippen LogP contribution in [0.25, 0.3) is 0 Å². The van der Waals surface area contributed by atoms with Crippen LogP contribution < -0.4 is 0 Å². The van der Waals surface area contributed by atoms with Gasteiger partial charge in [-0.3, -0.25) is 4.99 Å². The highest BCUT2D eigenvalue weighted by Gasteiger charge is 1.94.